The van der Waals surface area contributed by atoms with Crippen LogP contribution in [0.25, 0.3) is 0 Å². The molecule has 0 aliphatic rings. The van der Waals surface area contributed by atoms with E-state index >= 15 is 0 Å². The Morgan fingerprint density at radius 2 is 1.73 bits per heavy atom. The number of nitrogens with zero attached hydrogens (tertiary/aromatic N) is 1. The average molecular weight is 327 g/mol. The van der Waals surface area contributed by atoms with Crippen molar-refractivity contribution < 1.29 is 13.2 Å². The summed E-state index contributed by atoms with van der Waals surface area (Å²) in [6.45, 7) is 8.79. The van der Waals surface area contributed by atoms with Crippen molar-refractivity contribution in [3.8, 4) is 0 Å². The Bertz CT molecular complexity index is 566. The zero-order chi connectivity index (χ0) is 16.6. The van der Waals surface area contributed by atoms with Gasteiger partial charge in [0, 0.05) is 19.2 Å². The first-order valence-electron chi connectivity index (χ1n) is 7.48. The number of hydrogen-bond donors (Lipinski definition) is 2. The van der Waals surface area contributed by atoms with E-state index in [-0.39, 0.29) is 10.8 Å². The lowest BCUT2D eigenvalue weighted by atomic mass is 10.3. The molecule has 0 unspecified atom stereocenters. The highest BCUT2D eigenvalue weighted by Crippen LogP contribution is 2.13. The highest BCUT2D eigenvalue weighted by atomic mass is 32.2. The van der Waals surface area contributed by atoms with Crippen LogP contribution in [0.15, 0.2) is 29.2 Å². The summed E-state index contributed by atoms with van der Waals surface area (Å²) >= 11 is 0. The van der Waals surface area contributed by atoms with Gasteiger partial charge < -0.3 is 10.2 Å². The van der Waals surface area contributed by atoms with Gasteiger partial charge in [-0.05, 0) is 50.3 Å². The van der Waals surface area contributed by atoms with Gasteiger partial charge in [0.1, 0.15) is 0 Å². The molecule has 0 radical (unpaired) electrons. The molecular formula is C15H25N3O3S. The maximum Gasteiger partial charge on any atom is 0.240 e. The van der Waals surface area contributed by atoms with Crippen molar-refractivity contribution in [1.29, 1.82) is 0 Å². The van der Waals surface area contributed by atoms with Crippen LogP contribution in [-0.4, -0.2) is 45.4 Å². The van der Waals surface area contributed by atoms with Crippen LogP contribution < -0.4 is 10.0 Å². The monoisotopic (exact) mass is 327 g/mol. The third-order valence-corrected chi connectivity index (χ3v) is 4.80. The number of benzene rings is 1. The fourth-order valence-electron chi connectivity index (χ4n) is 2.05. The molecule has 1 aromatic carbocycles. The van der Waals surface area contributed by atoms with Crippen LogP contribution in [0.5, 0.6) is 0 Å². The zero-order valence-electron chi connectivity index (χ0n) is 13.4. The van der Waals surface area contributed by atoms with Crippen LogP contribution in [0, 0.1) is 0 Å². The Balaban J connectivity index is 2.53. The lowest BCUT2D eigenvalue weighted by molar-refractivity contribution is -0.114. The van der Waals surface area contributed by atoms with Gasteiger partial charge in [-0.3, -0.25) is 4.79 Å². The summed E-state index contributed by atoms with van der Waals surface area (Å²) in [6, 6.07) is 6.12. The van der Waals surface area contributed by atoms with Crippen LogP contribution in [0.1, 0.15) is 27.2 Å². The summed E-state index contributed by atoms with van der Waals surface area (Å²) in [4.78, 5) is 13.4. The molecule has 0 atom stereocenters. The van der Waals surface area contributed by atoms with Crippen molar-refractivity contribution in [1.82, 2.24) is 9.62 Å². The second kappa shape index (κ2) is 8.87. The topological polar surface area (TPSA) is 78.5 Å². The Hall–Kier alpha value is -1.44. The first-order valence-corrected chi connectivity index (χ1v) is 8.97. The number of carbonyl (C=O) groups excluding carboxylic acids is 1. The van der Waals surface area contributed by atoms with E-state index in [0.29, 0.717) is 12.2 Å². The summed E-state index contributed by atoms with van der Waals surface area (Å²) in [5, 5.41) is 2.60. The molecular weight excluding hydrogens is 302 g/mol. The highest BCUT2D eigenvalue weighted by molar-refractivity contribution is 7.89. The van der Waals surface area contributed by atoms with E-state index in [9.17, 15) is 13.2 Å². The number of hydrogen-bond acceptors (Lipinski definition) is 4. The number of amides is 1. The van der Waals surface area contributed by atoms with E-state index in [4.69, 9.17) is 0 Å². The van der Waals surface area contributed by atoms with Gasteiger partial charge in [0.2, 0.25) is 15.9 Å². The molecule has 0 aliphatic heterocycles. The van der Waals surface area contributed by atoms with Crippen LogP contribution in [0.4, 0.5) is 5.69 Å². The predicted octanol–water partition coefficient (Wildman–Crippen LogP) is 1.66. The van der Waals surface area contributed by atoms with Crippen LogP contribution >= 0.6 is 0 Å². The number of nitrogens with one attached hydrogen (secondary N) is 2. The molecule has 0 fully saturated rings. The quantitative estimate of drug-likeness (QED) is 0.676. The first kappa shape index (κ1) is 18.6. The van der Waals surface area contributed by atoms with Gasteiger partial charge in [0.25, 0.3) is 0 Å². The summed E-state index contributed by atoms with van der Waals surface area (Å²) < 4.78 is 26.9. The summed E-state index contributed by atoms with van der Waals surface area (Å²) in [6.07, 6.45) is 0.769. The standard InChI is InChI=1S/C15H25N3O3S/c1-4-18(5-2)12-6-11-16-22(20,21)15-9-7-14(8-10-15)17-13(3)19/h7-10,16H,4-6,11-12H2,1-3H3,(H,17,19). The molecule has 7 heteroatoms. The SMILES string of the molecule is CCN(CC)CCCNS(=O)(=O)c1ccc(NC(C)=O)cc1. The average Bonchev–Trinajstić information content (AvgIpc) is 2.47. The fraction of sp³-hybridized carbons (Fsp3) is 0.533. The van der Waals surface area contributed by atoms with Gasteiger partial charge in [-0.2, -0.15) is 0 Å². The van der Waals surface area contributed by atoms with Crippen LogP contribution in [0.2, 0.25) is 0 Å². The zero-order valence-corrected chi connectivity index (χ0v) is 14.2. The summed E-state index contributed by atoms with van der Waals surface area (Å²) in [7, 11) is -3.50. The van der Waals surface area contributed by atoms with Crippen LogP contribution in [-0.2, 0) is 14.8 Å². The normalized spacial score (nSPS) is 11.6. The van der Waals surface area contributed by atoms with Crippen molar-refractivity contribution in [2.75, 3.05) is 31.5 Å². The number of carbonyl (C=O) groups is 1. The van der Waals surface area contributed by atoms with Crippen molar-refractivity contribution in [2.45, 2.75) is 32.1 Å². The second-order valence-electron chi connectivity index (χ2n) is 4.98. The molecule has 0 spiro atoms. The van der Waals surface area contributed by atoms with Crippen molar-refractivity contribution in [3.63, 3.8) is 0 Å². The molecule has 0 saturated carbocycles. The molecule has 22 heavy (non-hydrogen) atoms. The molecule has 6 nitrogen and oxygen atoms in total. The maximum atomic E-state index is 12.1. The van der Waals surface area contributed by atoms with Gasteiger partial charge >= 0.3 is 0 Å². The van der Waals surface area contributed by atoms with E-state index in [1.165, 1.54) is 19.1 Å². The third kappa shape index (κ3) is 6.13. The van der Waals surface area contributed by atoms with E-state index in [0.717, 1.165) is 26.1 Å². The van der Waals surface area contributed by atoms with Gasteiger partial charge in [0.15, 0.2) is 0 Å². The minimum Gasteiger partial charge on any atom is -0.326 e. The molecule has 2 N–H and O–H groups in total. The van der Waals surface area contributed by atoms with Crippen molar-refractivity contribution in [2.24, 2.45) is 0 Å². The molecule has 0 aromatic heterocycles. The van der Waals surface area contributed by atoms with E-state index in [1.807, 2.05) is 0 Å². The minimum atomic E-state index is -3.50. The van der Waals surface area contributed by atoms with E-state index < -0.39 is 10.0 Å². The van der Waals surface area contributed by atoms with Gasteiger partial charge in [-0.1, -0.05) is 13.8 Å². The van der Waals surface area contributed by atoms with Gasteiger partial charge in [-0.25, -0.2) is 13.1 Å². The molecule has 1 rings (SSSR count). The number of rotatable bonds is 9. The molecule has 0 heterocycles. The second-order valence-corrected chi connectivity index (χ2v) is 6.75. The molecule has 1 aromatic rings. The number of sulfonamides is 1. The molecule has 1 amide bonds. The Morgan fingerprint density at radius 3 is 2.23 bits per heavy atom. The highest BCUT2D eigenvalue weighted by Gasteiger charge is 2.13. The minimum absolute atomic E-state index is 0.190. The molecule has 124 valence electrons. The predicted molar refractivity (Wildman–Crippen MR) is 88.3 cm³/mol. The van der Waals surface area contributed by atoms with E-state index in [2.05, 4.69) is 28.8 Å². The summed E-state index contributed by atoms with van der Waals surface area (Å²) in [5.41, 5.74) is 0.577. The maximum absolute atomic E-state index is 12.1. The smallest absolute Gasteiger partial charge is 0.240 e. The van der Waals surface area contributed by atoms with Crippen LogP contribution in [0.3, 0.4) is 0 Å². The largest absolute Gasteiger partial charge is 0.326 e. The lowest BCUT2D eigenvalue weighted by Gasteiger charge is -2.17. The molecule has 0 saturated heterocycles. The van der Waals surface area contributed by atoms with Gasteiger partial charge in [0.05, 0.1) is 4.90 Å². The first-order chi connectivity index (χ1) is 10.4. The van der Waals surface area contributed by atoms with E-state index in [1.54, 1.807) is 12.1 Å². The fourth-order valence-corrected chi connectivity index (χ4v) is 3.13. The molecule has 0 aliphatic carbocycles. The molecule has 0 bridgehead atoms. The Kier molecular flexibility index (Phi) is 7.50. The third-order valence-electron chi connectivity index (χ3n) is 3.32. The Morgan fingerprint density at radius 1 is 1.14 bits per heavy atom. The summed E-state index contributed by atoms with van der Waals surface area (Å²) in [5.74, 6) is -0.190. The number of anilines is 1. The van der Waals surface area contributed by atoms with Crippen molar-refractivity contribution in [3.05, 3.63) is 24.3 Å². The van der Waals surface area contributed by atoms with Gasteiger partial charge in [-0.15, -0.1) is 0 Å². The van der Waals surface area contributed by atoms with Crippen molar-refractivity contribution >= 4 is 21.6 Å². The Labute approximate surface area is 132 Å². The lowest BCUT2D eigenvalue weighted by Crippen LogP contribution is -2.30.